The van der Waals surface area contributed by atoms with Gasteiger partial charge in [0.25, 0.3) is 5.56 Å². The molecule has 3 aromatic heterocycles. The third-order valence-electron chi connectivity index (χ3n) is 4.74. The van der Waals surface area contributed by atoms with Crippen LogP contribution in [-0.4, -0.2) is 21.8 Å². The van der Waals surface area contributed by atoms with Crippen LogP contribution in [0.3, 0.4) is 0 Å². The molecule has 7 heteroatoms. The largest absolute Gasteiger partial charge is 0.496 e. The fourth-order valence-corrected chi connectivity index (χ4v) is 3.58. The molecule has 3 heterocycles. The van der Waals surface area contributed by atoms with E-state index >= 15 is 0 Å². The summed E-state index contributed by atoms with van der Waals surface area (Å²) in [7, 11) is 1.61. The van der Waals surface area contributed by atoms with Crippen LogP contribution in [0.2, 0.25) is 5.15 Å². The molecule has 0 N–H and O–H groups in total. The Balaban J connectivity index is 2.06. The van der Waals surface area contributed by atoms with E-state index in [4.69, 9.17) is 20.9 Å². The van der Waals surface area contributed by atoms with Gasteiger partial charge in [0, 0.05) is 12.3 Å². The molecule has 6 nitrogen and oxygen atoms in total. The Bertz CT molecular complexity index is 1210. The van der Waals surface area contributed by atoms with Gasteiger partial charge < -0.3 is 13.8 Å². The summed E-state index contributed by atoms with van der Waals surface area (Å²) >= 11 is 5.89. The summed E-state index contributed by atoms with van der Waals surface area (Å²) in [5.41, 5.74) is 3.86. The van der Waals surface area contributed by atoms with E-state index in [1.165, 1.54) is 0 Å². The third-order valence-corrected chi connectivity index (χ3v) is 4.97. The highest BCUT2D eigenvalue weighted by atomic mass is 35.5. The molecule has 0 spiro atoms. The second kappa shape index (κ2) is 7.13. The molecule has 0 aliphatic heterocycles. The van der Waals surface area contributed by atoms with Crippen LogP contribution in [0.1, 0.15) is 17.0 Å². The van der Waals surface area contributed by atoms with Crippen LogP contribution >= 0.6 is 11.6 Å². The monoisotopic (exact) mass is 395 g/mol. The highest BCUT2D eigenvalue weighted by molar-refractivity contribution is 6.29. The molecular weight excluding hydrogens is 378 g/mol. The maximum absolute atomic E-state index is 12.8. The van der Waals surface area contributed by atoms with Crippen molar-refractivity contribution in [3.63, 3.8) is 0 Å². The lowest BCUT2D eigenvalue weighted by atomic mass is 9.98. The first-order valence-corrected chi connectivity index (χ1v) is 9.11. The lowest BCUT2D eigenvalue weighted by Gasteiger charge is -2.17. The van der Waals surface area contributed by atoms with Crippen LogP contribution in [0.5, 0.6) is 5.75 Å². The normalized spacial score (nSPS) is 11.1. The molecule has 1 aromatic carbocycles. The third kappa shape index (κ3) is 3.05. The van der Waals surface area contributed by atoms with Crippen molar-refractivity contribution in [3.8, 4) is 16.9 Å². The smallest absolute Gasteiger partial charge is 0.251 e. The van der Waals surface area contributed by atoms with E-state index in [0.717, 1.165) is 33.3 Å². The standard InChI is InChI=1S/C21H18ClN3O3/c1-12-19(13(2)28-24-12)20-16(27-3)7-5-15-6-9-18(26)25(21(15)20)11-14-4-8-17(22)23-10-14/h4-10H,11H2,1-3H3. The minimum absolute atomic E-state index is 0.122. The highest BCUT2D eigenvalue weighted by Gasteiger charge is 2.21. The van der Waals surface area contributed by atoms with E-state index in [1.807, 2.05) is 38.1 Å². The Morgan fingerprint density at radius 3 is 2.54 bits per heavy atom. The van der Waals surface area contributed by atoms with Gasteiger partial charge in [-0.05, 0) is 49.1 Å². The SMILES string of the molecule is COc1ccc2ccc(=O)n(Cc3ccc(Cl)nc3)c2c1-c1c(C)noc1C. The van der Waals surface area contributed by atoms with Gasteiger partial charge >= 0.3 is 0 Å². The number of hydrogen-bond donors (Lipinski definition) is 0. The molecule has 0 saturated heterocycles. The minimum Gasteiger partial charge on any atom is -0.496 e. The van der Waals surface area contributed by atoms with Crippen LogP contribution in [0, 0.1) is 13.8 Å². The fraction of sp³-hybridized carbons (Fsp3) is 0.190. The number of halogens is 1. The van der Waals surface area contributed by atoms with Gasteiger partial charge in [0.15, 0.2) is 0 Å². The number of aromatic nitrogens is 3. The number of methoxy groups -OCH3 is 1. The molecule has 0 aliphatic rings. The predicted molar refractivity (Wildman–Crippen MR) is 108 cm³/mol. The van der Waals surface area contributed by atoms with Gasteiger partial charge in [-0.15, -0.1) is 0 Å². The maximum atomic E-state index is 12.8. The molecule has 28 heavy (non-hydrogen) atoms. The van der Waals surface area contributed by atoms with Crippen LogP contribution < -0.4 is 10.3 Å². The van der Waals surface area contributed by atoms with Crippen molar-refractivity contribution in [1.29, 1.82) is 0 Å². The van der Waals surface area contributed by atoms with E-state index in [1.54, 1.807) is 30.0 Å². The van der Waals surface area contributed by atoms with Crippen molar-refractivity contribution in [1.82, 2.24) is 14.7 Å². The molecule has 0 radical (unpaired) electrons. The summed E-state index contributed by atoms with van der Waals surface area (Å²) in [6.45, 7) is 4.07. The zero-order valence-electron chi connectivity index (χ0n) is 15.7. The van der Waals surface area contributed by atoms with Gasteiger partial charge in [-0.3, -0.25) is 4.79 Å². The number of benzene rings is 1. The average molecular weight is 396 g/mol. The van der Waals surface area contributed by atoms with Crippen LogP contribution in [0.4, 0.5) is 0 Å². The number of rotatable bonds is 4. The van der Waals surface area contributed by atoms with E-state index in [9.17, 15) is 4.79 Å². The molecule has 0 atom stereocenters. The van der Waals surface area contributed by atoms with Crippen molar-refractivity contribution in [3.05, 3.63) is 75.1 Å². The Morgan fingerprint density at radius 1 is 1.11 bits per heavy atom. The van der Waals surface area contributed by atoms with Gasteiger partial charge in [-0.2, -0.15) is 0 Å². The van der Waals surface area contributed by atoms with Crippen molar-refractivity contribution >= 4 is 22.5 Å². The summed E-state index contributed by atoms with van der Waals surface area (Å²) in [6, 6.07) is 10.8. The van der Waals surface area contributed by atoms with Gasteiger partial charge in [0.2, 0.25) is 0 Å². The Morgan fingerprint density at radius 2 is 1.89 bits per heavy atom. The van der Waals surface area contributed by atoms with E-state index in [-0.39, 0.29) is 5.56 Å². The van der Waals surface area contributed by atoms with Crippen molar-refractivity contribution in [2.24, 2.45) is 0 Å². The Kier molecular flexibility index (Phi) is 4.65. The minimum atomic E-state index is -0.122. The fourth-order valence-electron chi connectivity index (χ4n) is 3.47. The molecule has 0 amide bonds. The number of nitrogens with zero attached hydrogens (tertiary/aromatic N) is 3. The Hall–Kier alpha value is -3.12. The molecule has 4 aromatic rings. The lowest BCUT2D eigenvalue weighted by molar-refractivity contribution is 0.393. The molecule has 0 saturated carbocycles. The molecular formula is C21H18ClN3O3. The summed E-state index contributed by atoms with van der Waals surface area (Å²) in [5.74, 6) is 1.31. The zero-order chi connectivity index (χ0) is 19.8. The number of pyridine rings is 2. The van der Waals surface area contributed by atoms with E-state index in [2.05, 4.69) is 10.1 Å². The molecule has 0 aliphatic carbocycles. The number of ether oxygens (including phenoxy) is 1. The Labute approximate surface area is 166 Å². The van der Waals surface area contributed by atoms with Crippen LogP contribution in [-0.2, 0) is 6.54 Å². The summed E-state index contributed by atoms with van der Waals surface area (Å²) in [4.78, 5) is 17.0. The number of hydrogen-bond acceptors (Lipinski definition) is 5. The van der Waals surface area contributed by atoms with Crippen LogP contribution in [0.15, 0.2) is 51.9 Å². The van der Waals surface area contributed by atoms with Gasteiger partial charge in [0.1, 0.15) is 16.7 Å². The summed E-state index contributed by atoms with van der Waals surface area (Å²) < 4.78 is 12.7. The van der Waals surface area contributed by atoms with Gasteiger partial charge in [-0.1, -0.05) is 22.8 Å². The van der Waals surface area contributed by atoms with E-state index in [0.29, 0.717) is 23.2 Å². The maximum Gasteiger partial charge on any atom is 0.251 e. The number of aryl methyl sites for hydroxylation is 2. The molecule has 142 valence electrons. The van der Waals surface area contributed by atoms with Crippen molar-refractivity contribution < 1.29 is 9.26 Å². The second-order valence-corrected chi connectivity index (χ2v) is 6.91. The first-order valence-electron chi connectivity index (χ1n) is 8.74. The quantitative estimate of drug-likeness (QED) is 0.479. The van der Waals surface area contributed by atoms with E-state index < -0.39 is 0 Å². The van der Waals surface area contributed by atoms with Crippen molar-refractivity contribution in [2.75, 3.05) is 7.11 Å². The topological polar surface area (TPSA) is 70.2 Å². The first-order chi connectivity index (χ1) is 13.5. The number of fused-ring (bicyclic) bond motifs is 1. The second-order valence-electron chi connectivity index (χ2n) is 6.53. The zero-order valence-corrected chi connectivity index (χ0v) is 16.4. The predicted octanol–water partition coefficient (Wildman–Crippen LogP) is 4.38. The molecule has 4 rings (SSSR count). The first kappa shape index (κ1) is 18.3. The van der Waals surface area contributed by atoms with Crippen molar-refractivity contribution in [2.45, 2.75) is 20.4 Å². The lowest BCUT2D eigenvalue weighted by Crippen LogP contribution is -2.20. The van der Waals surface area contributed by atoms with Gasteiger partial charge in [0.05, 0.1) is 36.0 Å². The molecule has 0 bridgehead atoms. The van der Waals surface area contributed by atoms with Crippen LogP contribution in [0.25, 0.3) is 22.0 Å². The summed E-state index contributed by atoms with van der Waals surface area (Å²) in [6.07, 6.45) is 1.67. The molecule has 0 unspecified atom stereocenters. The highest BCUT2D eigenvalue weighted by Crippen LogP contribution is 2.39. The average Bonchev–Trinajstić information content (AvgIpc) is 3.02. The summed E-state index contributed by atoms with van der Waals surface area (Å²) in [5, 5.41) is 5.40. The van der Waals surface area contributed by atoms with Gasteiger partial charge in [-0.25, -0.2) is 4.98 Å². The molecule has 0 fully saturated rings.